The Labute approximate surface area is 126 Å². The first-order chi connectivity index (χ1) is 10.0. The lowest BCUT2D eigenvalue weighted by Crippen LogP contribution is -2.68. The van der Waals surface area contributed by atoms with Crippen LogP contribution in [0.3, 0.4) is 0 Å². The molecule has 0 aromatic carbocycles. The van der Waals surface area contributed by atoms with Gasteiger partial charge in [0.1, 0.15) is 5.54 Å². The first-order valence-electron chi connectivity index (χ1n) is 8.21. The van der Waals surface area contributed by atoms with Gasteiger partial charge < -0.3 is 15.0 Å². The number of carbonyl (C=O) groups is 2. The molecule has 1 N–H and O–H groups in total. The first kappa shape index (κ1) is 14.8. The second-order valence-electron chi connectivity index (χ2n) is 7.28. The van der Waals surface area contributed by atoms with Crippen molar-refractivity contribution >= 4 is 11.8 Å². The number of hydrogen-bond acceptors (Lipinski definition) is 3. The summed E-state index contributed by atoms with van der Waals surface area (Å²) in [5.74, 6) is 0.154. The third kappa shape index (κ3) is 2.93. The van der Waals surface area contributed by atoms with Crippen LogP contribution in [0.5, 0.6) is 0 Å². The molecule has 2 amide bonds. The van der Waals surface area contributed by atoms with Gasteiger partial charge in [0, 0.05) is 19.8 Å². The van der Waals surface area contributed by atoms with Crippen molar-refractivity contribution in [2.75, 3.05) is 26.3 Å². The van der Waals surface area contributed by atoms with Crippen LogP contribution in [0.25, 0.3) is 0 Å². The summed E-state index contributed by atoms with van der Waals surface area (Å²) in [5, 5.41) is 3.01. The molecule has 118 valence electrons. The molecule has 0 aromatic heterocycles. The second-order valence-corrected chi connectivity index (χ2v) is 7.28. The van der Waals surface area contributed by atoms with Crippen LogP contribution in [0.15, 0.2) is 0 Å². The molecule has 3 aliphatic rings. The highest BCUT2D eigenvalue weighted by atomic mass is 16.5. The Hall–Kier alpha value is -1.10. The summed E-state index contributed by atoms with van der Waals surface area (Å²) in [6.07, 6.45) is 6.76. The topological polar surface area (TPSA) is 58.6 Å². The van der Waals surface area contributed by atoms with Gasteiger partial charge in [0.2, 0.25) is 11.8 Å². The van der Waals surface area contributed by atoms with Crippen molar-refractivity contribution in [3.8, 4) is 0 Å². The Morgan fingerprint density at radius 2 is 1.76 bits per heavy atom. The third-order valence-electron chi connectivity index (χ3n) is 5.39. The van der Waals surface area contributed by atoms with E-state index in [4.69, 9.17) is 4.74 Å². The SMILES string of the molecule is CC1(CN2CC(=O)NC3(CCCCC3)C2=O)CCOCC1. The molecule has 1 spiro atoms. The number of ether oxygens (including phenoxy) is 1. The summed E-state index contributed by atoms with van der Waals surface area (Å²) in [5.41, 5.74) is -0.517. The molecule has 0 atom stereocenters. The van der Waals surface area contributed by atoms with Gasteiger partial charge in [-0.05, 0) is 31.1 Å². The Balaban J connectivity index is 1.74. The Morgan fingerprint density at radius 1 is 1.10 bits per heavy atom. The summed E-state index contributed by atoms with van der Waals surface area (Å²) in [6, 6.07) is 0. The van der Waals surface area contributed by atoms with E-state index in [0.717, 1.165) is 51.7 Å². The average Bonchev–Trinajstić information content (AvgIpc) is 2.46. The van der Waals surface area contributed by atoms with Crippen LogP contribution < -0.4 is 5.32 Å². The van der Waals surface area contributed by atoms with E-state index in [0.29, 0.717) is 6.54 Å². The summed E-state index contributed by atoms with van der Waals surface area (Å²) < 4.78 is 5.43. The number of carbonyl (C=O) groups excluding carboxylic acids is 2. The molecule has 1 saturated carbocycles. The van der Waals surface area contributed by atoms with E-state index in [1.165, 1.54) is 6.42 Å². The fourth-order valence-electron chi connectivity index (χ4n) is 4.01. The van der Waals surface area contributed by atoms with Gasteiger partial charge in [0.15, 0.2) is 0 Å². The van der Waals surface area contributed by atoms with E-state index >= 15 is 0 Å². The van der Waals surface area contributed by atoms with Crippen molar-refractivity contribution in [3.63, 3.8) is 0 Å². The van der Waals surface area contributed by atoms with Crippen molar-refractivity contribution in [2.45, 2.75) is 57.4 Å². The highest BCUT2D eigenvalue weighted by Gasteiger charge is 2.48. The number of nitrogens with one attached hydrogen (secondary N) is 1. The number of amides is 2. The molecule has 0 bridgehead atoms. The molecule has 0 radical (unpaired) electrons. The Bertz CT molecular complexity index is 423. The van der Waals surface area contributed by atoms with Crippen molar-refractivity contribution in [3.05, 3.63) is 0 Å². The predicted molar refractivity (Wildman–Crippen MR) is 78.7 cm³/mol. The van der Waals surface area contributed by atoms with E-state index in [9.17, 15) is 9.59 Å². The quantitative estimate of drug-likeness (QED) is 0.839. The predicted octanol–water partition coefficient (Wildman–Crippen LogP) is 1.46. The first-order valence-corrected chi connectivity index (χ1v) is 8.21. The summed E-state index contributed by atoms with van der Waals surface area (Å²) in [7, 11) is 0. The molecule has 2 aliphatic heterocycles. The molecule has 0 aromatic rings. The van der Waals surface area contributed by atoms with Crippen LogP contribution in [0, 0.1) is 5.41 Å². The van der Waals surface area contributed by atoms with E-state index in [1.807, 2.05) is 4.90 Å². The lowest BCUT2D eigenvalue weighted by Gasteiger charge is -2.47. The van der Waals surface area contributed by atoms with Gasteiger partial charge in [-0.2, -0.15) is 0 Å². The highest BCUT2D eigenvalue weighted by Crippen LogP contribution is 2.35. The molecule has 3 fully saturated rings. The van der Waals surface area contributed by atoms with Crippen molar-refractivity contribution in [1.29, 1.82) is 0 Å². The molecule has 5 nitrogen and oxygen atoms in total. The molecule has 2 saturated heterocycles. The van der Waals surface area contributed by atoms with Crippen molar-refractivity contribution in [2.24, 2.45) is 5.41 Å². The monoisotopic (exact) mass is 294 g/mol. The van der Waals surface area contributed by atoms with Crippen LogP contribution in [0.1, 0.15) is 51.9 Å². The average molecular weight is 294 g/mol. The number of hydrogen-bond donors (Lipinski definition) is 1. The highest BCUT2D eigenvalue weighted by molar-refractivity contribution is 5.98. The zero-order valence-corrected chi connectivity index (χ0v) is 13.0. The van der Waals surface area contributed by atoms with E-state index in [-0.39, 0.29) is 23.8 Å². The van der Waals surface area contributed by atoms with E-state index < -0.39 is 5.54 Å². The van der Waals surface area contributed by atoms with Crippen molar-refractivity contribution in [1.82, 2.24) is 10.2 Å². The zero-order valence-electron chi connectivity index (χ0n) is 13.0. The molecular weight excluding hydrogens is 268 g/mol. The molecule has 5 heteroatoms. The third-order valence-corrected chi connectivity index (χ3v) is 5.39. The largest absolute Gasteiger partial charge is 0.381 e. The molecule has 3 rings (SSSR count). The smallest absolute Gasteiger partial charge is 0.248 e. The van der Waals surface area contributed by atoms with Crippen LogP contribution in [-0.2, 0) is 14.3 Å². The molecule has 0 unspecified atom stereocenters. The van der Waals surface area contributed by atoms with Crippen LogP contribution in [-0.4, -0.2) is 48.6 Å². The zero-order chi connectivity index (χ0) is 14.9. The van der Waals surface area contributed by atoms with Crippen LogP contribution in [0.4, 0.5) is 0 Å². The van der Waals surface area contributed by atoms with Gasteiger partial charge in [-0.15, -0.1) is 0 Å². The minimum absolute atomic E-state index is 0.00663. The minimum Gasteiger partial charge on any atom is -0.381 e. The fourth-order valence-corrected chi connectivity index (χ4v) is 4.01. The minimum atomic E-state index is -0.602. The lowest BCUT2D eigenvalue weighted by molar-refractivity contribution is -0.154. The van der Waals surface area contributed by atoms with Crippen LogP contribution in [0.2, 0.25) is 0 Å². The summed E-state index contributed by atoms with van der Waals surface area (Å²) >= 11 is 0. The van der Waals surface area contributed by atoms with E-state index in [1.54, 1.807) is 0 Å². The summed E-state index contributed by atoms with van der Waals surface area (Å²) in [4.78, 5) is 26.9. The number of rotatable bonds is 2. The fraction of sp³-hybridized carbons (Fsp3) is 0.875. The van der Waals surface area contributed by atoms with E-state index in [2.05, 4.69) is 12.2 Å². The molecule has 21 heavy (non-hydrogen) atoms. The normalized spacial score (nSPS) is 28.5. The summed E-state index contributed by atoms with van der Waals surface area (Å²) in [6.45, 7) is 4.63. The van der Waals surface area contributed by atoms with Gasteiger partial charge in [0.05, 0.1) is 6.54 Å². The maximum absolute atomic E-state index is 12.9. The standard InChI is InChI=1S/C16H26N2O3/c1-15(7-9-21-10-8-15)12-18-11-13(19)17-16(14(18)20)5-3-2-4-6-16/h2-12H2,1H3,(H,17,19). The molecular formula is C16H26N2O3. The van der Waals surface area contributed by atoms with Crippen molar-refractivity contribution < 1.29 is 14.3 Å². The Kier molecular flexibility index (Phi) is 3.95. The van der Waals surface area contributed by atoms with Gasteiger partial charge in [-0.25, -0.2) is 0 Å². The number of nitrogens with zero attached hydrogens (tertiary/aromatic N) is 1. The van der Waals surface area contributed by atoms with Gasteiger partial charge >= 0.3 is 0 Å². The molecule has 1 aliphatic carbocycles. The van der Waals surface area contributed by atoms with Gasteiger partial charge in [-0.1, -0.05) is 26.2 Å². The maximum Gasteiger partial charge on any atom is 0.248 e. The lowest BCUT2D eigenvalue weighted by atomic mass is 9.77. The molecule has 2 heterocycles. The second kappa shape index (κ2) is 5.59. The van der Waals surface area contributed by atoms with Gasteiger partial charge in [-0.3, -0.25) is 9.59 Å². The van der Waals surface area contributed by atoms with Gasteiger partial charge in [0.25, 0.3) is 0 Å². The number of piperazine rings is 1. The Morgan fingerprint density at radius 3 is 2.43 bits per heavy atom. The maximum atomic E-state index is 12.9. The van der Waals surface area contributed by atoms with Crippen LogP contribution >= 0.6 is 0 Å².